The number of anilines is 1. The molecule has 0 bridgehead atoms. The van der Waals surface area contributed by atoms with Crippen molar-refractivity contribution in [1.82, 2.24) is 10.3 Å². The van der Waals surface area contributed by atoms with Crippen LogP contribution in [0.3, 0.4) is 0 Å². The van der Waals surface area contributed by atoms with Crippen molar-refractivity contribution in [2.45, 2.75) is 19.1 Å². The van der Waals surface area contributed by atoms with Crippen molar-refractivity contribution in [3.63, 3.8) is 0 Å². The number of nitrogens with one attached hydrogen (secondary N) is 2. The molecule has 4 N–H and O–H groups in total. The SMILES string of the molecule is Cc1ccccc1C1NC(=O)c2c(C(N)=O)ncc(NC(=O)c3cc(F)cc(C(F)(F)F)c3)c21. The maximum absolute atomic E-state index is 13.8. The summed E-state index contributed by atoms with van der Waals surface area (Å²) in [7, 11) is 0. The number of fused-ring (bicyclic) bond motifs is 1. The van der Waals surface area contributed by atoms with E-state index < -0.39 is 46.9 Å². The molecule has 174 valence electrons. The molecule has 7 nitrogen and oxygen atoms in total. The summed E-state index contributed by atoms with van der Waals surface area (Å²) >= 11 is 0. The third-order valence-electron chi connectivity index (χ3n) is 5.38. The van der Waals surface area contributed by atoms with Crippen molar-refractivity contribution in [3.8, 4) is 0 Å². The zero-order chi connectivity index (χ0) is 24.8. The molecule has 3 aromatic rings. The minimum atomic E-state index is -4.87. The predicted octanol–water partition coefficient (Wildman–Crippen LogP) is 3.73. The Kier molecular flexibility index (Phi) is 5.56. The maximum atomic E-state index is 13.8. The van der Waals surface area contributed by atoms with Gasteiger partial charge in [0.15, 0.2) is 0 Å². The average molecular weight is 472 g/mol. The number of primary amides is 1. The van der Waals surface area contributed by atoms with Gasteiger partial charge in [-0.3, -0.25) is 14.4 Å². The molecular formula is C23H16F4N4O3. The number of aryl methyl sites for hydroxylation is 1. The minimum absolute atomic E-state index is 0.0468. The molecule has 1 aliphatic heterocycles. The fourth-order valence-corrected chi connectivity index (χ4v) is 3.84. The third-order valence-corrected chi connectivity index (χ3v) is 5.38. The molecule has 11 heteroatoms. The van der Waals surface area contributed by atoms with Crippen LogP contribution in [0.25, 0.3) is 0 Å². The fraction of sp³-hybridized carbons (Fsp3) is 0.130. The topological polar surface area (TPSA) is 114 Å². The molecule has 34 heavy (non-hydrogen) atoms. The second kappa shape index (κ2) is 8.25. The van der Waals surface area contributed by atoms with E-state index in [0.717, 1.165) is 11.8 Å². The monoisotopic (exact) mass is 472 g/mol. The first-order chi connectivity index (χ1) is 16.0. The van der Waals surface area contributed by atoms with Gasteiger partial charge in [-0.05, 0) is 36.2 Å². The molecule has 4 rings (SSSR count). The van der Waals surface area contributed by atoms with Crippen molar-refractivity contribution in [2.75, 3.05) is 5.32 Å². The molecule has 0 spiro atoms. The van der Waals surface area contributed by atoms with E-state index in [2.05, 4.69) is 15.6 Å². The number of nitrogens with two attached hydrogens (primary N) is 1. The standard InChI is InChI=1S/C23H16F4N4O3/c1-10-4-2-3-5-14(10)18-16-15(9-29-19(20(28)32)17(16)22(34)31-18)30-21(33)11-6-12(23(25,26)27)8-13(24)7-11/h2-9,18H,1H3,(H2,28,32)(H,30,33)(H,31,34). The first-order valence-corrected chi connectivity index (χ1v) is 9.85. The van der Waals surface area contributed by atoms with Crippen molar-refractivity contribution in [1.29, 1.82) is 0 Å². The van der Waals surface area contributed by atoms with Gasteiger partial charge in [-0.15, -0.1) is 0 Å². The van der Waals surface area contributed by atoms with Crippen LogP contribution in [0, 0.1) is 12.7 Å². The van der Waals surface area contributed by atoms with Gasteiger partial charge in [0.25, 0.3) is 17.7 Å². The van der Waals surface area contributed by atoms with Gasteiger partial charge in [0, 0.05) is 11.1 Å². The molecule has 0 aliphatic carbocycles. The smallest absolute Gasteiger partial charge is 0.364 e. The quantitative estimate of drug-likeness (QED) is 0.502. The lowest BCUT2D eigenvalue weighted by atomic mass is 9.93. The first-order valence-electron chi connectivity index (χ1n) is 9.85. The summed E-state index contributed by atoms with van der Waals surface area (Å²) in [5, 5.41) is 5.11. The van der Waals surface area contributed by atoms with E-state index in [1.807, 2.05) is 0 Å². The lowest BCUT2D eigenvalue weighted by Gasteiger charge is -2.19. The molecule has 2 heterocycles. The number of benzene rings is 2. The highest BCUT2D eigenvalue weighted by Crippen LogP contribution is 2.39. The van der Waals surface area contributed by atoms with Gasteiger partial charge >= 0.3 is 6.18 Å². The Morgan fingerprint density at radius 3 is 2.50 bits per heavy atom. The summed E-state index contributed by atoms with van der Waals surface area (Å²) in [5.74, 6) is -3.95. The number of hydrogen-bond acceptors (Lipinski definition) is 4. The third kappa shape index (κ3) is 4.07. The largest absolute Gasteiger partial charge is 0.416 e. The zero-order valence-electron chi connectivity index (χ0n) is 17.5. The van der Waals surface area contributed by atoms with Crippen LogP contribution in [0.1, 0.15) is 59.5 Å². The van der Waals surface area contributed by atoms with E-state index in [1.54, 1.807) is 31.2 Å². The molecule has 2 aromatic carbocycles. The number of alkyl halides is 3. The van der Waals surface area contributed by atoms with Gasteiger partial charge in [0.05, 0.1) is 29.1 Å². The summed E-state index contributed by atoms with van der Waals surface area (Å²) in [6.45, 7) is 1.79. The highest BCUT2D eigenvalue weighted by atomic mass is 19.4. The van der Waals surface area contributed by atoms with Gasteiger partial charge in [-0.2, -0.15) is 13.2 Å². The fourth-order valence-electron chi connectivity index (χ4n) is 3.84. The lowest BCUT2D eigenvalue weighted by Crippen LogP contribution is -2.22. The summed E-state index contributed by atoms with van der Waals surface area (Å²) < 4.78 is 53.0. The van der Waals surface area contributed by atoms with Gasteiger partial charge < -0.3 is 16.4 Å². The van der Waals surface area contributed by atoms with Crippen LogP contribution in [-0.2, 0) is 6.18 Å². The lowest BCUT2D eigenvalue weighted by molar-refractivity contribution is -0.137. The first kappa shape index (κ1) is 22.9. The molecule has 0 saturated carbocycles. The molecule has 1 aromatic heterocycles. The summed E-state index contributed by atoms with van der Waals surface area (Å²) in [4.78, 5) is 41.3. The van der Waals surface area contributed by atoms with Gasteiger partial charge in [-0.1, -0.05) is 24.3 Å². The Morgan fingerprint density at radius 2 is 1.85 bits per heavy atom. The van der Waals surface area contributed by atoms with E-state index >= 15 is 0 Å². The van der Waals surface area contributed by atoms with E-state index in [0.29, 0.717) is 17.7 Å². The Balaban J connectivity index is 1.83. The van der Waals surface area contributed by atoms with E-state index in [-0.39, 0.29) is 28.6 Å². The normalized spacial score (nSPS) is 15.0. The van der Waals surface area contributed by atoms with Crippen molar-refractivity contribution < 1.29 is 31.9 Å². The van der Waals surface area contributed by atoms with Crippen LogP contribution in [0.15, 0.2) is 48.7 Å². The molecule has 0 fully saturated rings. The number of halogens is 4. The van der Waals surface area contributed by atoms with Crippen LogP contribution in [0.4, 0.5) is 23.2 Å². The summed E-state index contributed by atoms with van der Waals surface area (Å²) in [6.07, 6.45) is -3.79. The molecule has 0 radical (unpaired) electrons. The average Bonchev–Trinajstić information content (AvgIpc) is 3.10. The van der Waals surface area contributed by atoms with E-state index in [9.17, 15) is 31.9 Å². The Labute approximate surface area is 190 Å². The predicted molar refractivity (Wildman–Crippen MR) is 113 cm³/mol. The number of nitrogens with zero attached hydrogens (tertiary/aromatic N) is 1. The minimum Gasteiger partial charge on any atom is -0.364 e. The van der Waals surface area contributed by atoms with Gasteiger partial charge in [-0.25, -0.2) is 9.37 Å². The number of aromatic nitrogens is 1. The van der Waals surface area contributed by atoms with E-state index in [1.165, 1.54) is 0 Å². The van der Waals surface area contributed by atoms with Crippen molar-refractivity contribution >= 4 is 23.4 Å². The van der Waals surface area contributed by atoms with Gasteiger partial charge in [0.2, 0.25) is 0 Å². The number of carbonyl (C=O) groups excluding carboxylic acids is 3. The van der Waals surface area contributed by atoms with Crippen molar-refractivity contribution in [3.05, 3.63) is 93.6 Å². The Hall–Kier alpha value is -4.28. The molecular weight excluding hydrogens is 456 g/mol. The van der Waals surface area contributed by atoms with E-state index in [4.69, 9.17) is 5.73 Å². The number of hydrogen-bond donors (Lipinski definition) is 3. The van der Waals surface area contributed by atoms with Crippen LogP contribution in [-0.4, -0.2) is 22.7 Å². The maximum Gasteiger partial charge on any atom is 0.416 e. The second-order valence-electron chi connectivity index (χ2n) is 7.62. The summed E-state index contributed by atoms with van der Waals surface area (Å²) in [5.41, 5.74) is 4.51. The molecule has 3 amide bonds. The number of pyridine rings is 1. The second-order valence-corrected chi connectivity index (χ2v) is 7.62. The highest BCUT2D eigenvalue weighted by Gasteiger charge is 2.38. The highest BCUT2D eigenvalue weighted by molar-refractivity contribution is 6.12. The number of carbonyl (C=O) groups is 3. The van der Waals surface area contributed by atoms with Crippen LogP contribution >= 0.6 is 0 Å². The molecule has 1 unspecified atom stereocenters. The zero-order valence-corrected chi connectivity index (χ0v) is 17.5. The number of amides is 3. The molecule has 1 atom stereocenters. The van der Waals surface area contributed by atoms with Crippen LogP contribution in [0.2, 0.25) is 0 Å². The van der Waals surface area contributed by atoms with Crippen LogP contribution in [0.5, 0.6) is 0 Å². The number of rotatable bonds is 4. The Morgan fingerprint density at radius 1 is 1.15 bits per heavy atom. The van der Waals surface area contributed by atoms with Crippen molar-refractivity contribution in [2.24, 2.45) is 5.73 Å². The molecule has 1 aliphatic rings. The summed E-state index contributed by atoms with van der Waals surface area (Å²) in [6, 6.07) is 7.65. The Bertz CT molecular complexity index is 1350. The van der Waals surface area contributed by atoms with Gasteiger partial charge in [0.1, 0.15) is 11.5 Å². The molecule has 0 saturated heterocycles. The van der Waals surface area contributed by atoms with Crippen LogP contribution < -0.4 is 16.4 Å².